The van der Waals surface area contributed by atoms with Gasteiger partial charge in [-0.3, -0.25) is 0 Å². The summed E-state index contributed by atoms with van der Waals surface area (Å²) < 4.78 is 2.13. The first-order chi connectivity index (χ1) is 6.29. The fourth-order valence-corrected chi connectivity index (χ4v) is 1.68. The van der Waals surface area contributed by atoms with Crippen LogP contribution in [0.25, 0.3) is 10.9 Å². The smallest absolute Gasteiger partial charge is 0.0483 e. The van der Waals surface area contributed by atoms with Crippen molar-refractivity contribution in [2.75, 3.05) is 0 Å². The Kier molecular flexibility index (Phi) is 3.50. The van der Waals surface area contributed by atoms with Gasteiger partial charge in [0.15, 0.2) is 0 Å². The molecule has 0 radical (unpaired) electrons. The Hall–Kier alpha value is -0.810. The average Bonchev–Trinajstić information content (AvgIpc) is 2.53. The lowest BCUT2D eigenvalue weighted by molar-refractivity contribution is 0.969. The Balaban J connectivity index is 0.000000396. The topological polar surface area (TPSA) is 4.93 Å². The van der Waals surface area contributed by atoms with Crippen LogP contribution < -0.4 is 5.30 Å². The quantitative estimate of drug-likeness (QED) is 0.567. The number of rotatable bonds is 0. The molecule has 2 rings (SSSR count). The summed E-state index contributed by atoms with van der Waals surface area (Å²) in [5, 5.41) is 2.59. The molecule has 0 spiro atoms. The molecule has 1 aromatic carbocycles. The Labute approximate surface area is 82.0 Å². The van der Waals surface area contributed by atoms with Gasteiger partial charge in [0.05, 0.1) is 0 Å². The monoisotopic (exact) mass is 193 g/mol. The van der Waals surface area contributed by atoms with Gasteiger partial charge in [-0.05, 0) is 17.4 Å². The van der Waals surface area contributed by atoms with Crippen molar-refractivity contribution in [2.45, 2.75) is 13.8 Å². The summed E-state index contributed by atoms with van der Waals surface area (Å²) >= 11 is 0. The average molecular weight is 193 g/mol. The van der Waals surface area contributed by atoms with Gasteiger partial charge in [0.1, 0.15) is 0 Å². The van der Waals surface area contributed by atoms with Crippen LogP contribution in [0.5, 0.6) is 0 Å². The number of fused-ring (bicyclic) bond motifs is 1. The summed E-state index contributed by atoms with van der Waals surface area (Å²) in [7, 11) is 4.81. The van der Waals surface area contributed by atoms with Crippen LogP contribution in [0.15, 0.2) is 30.5 Å². The van der Waals surface area contributed by atoms with Crippen molar-refractivity contribution < 1.29 is 0 Å². The molecule has 0 fully saturated rings. The van der Waals surface area contributed by atoms with E-state index in [-0.39, 0.29) is 0 Å². The molecule has 0 saturated carbocycles. The minimum Gasteiger partial charge on any atom is -0.351 e. The van der Waals surface area contributed by atoms with E-state index in [1.165, 1.54) is 16.2 Å². The van der Waals surface area contributed by atoms with Crippen molar-refractivity contribution in [1.82, 2.24) is 4.57 Å². The summed E-state index contributed by atoms with van der Waals surface area (Å²) in [5.41, 5.74) is 1.29. The highest BCUT2D eigenvalue weighted by molar-refractivity contribution is 7.28. The molecule has 2 aromatic rings. The van der Waals surface area contributed by atoms with E-state index in [1.807, 2.05) is 13.8 Å². The summed E-state index contributed by atoms with van der Waals surface area (Å²) in [5.74, 6) is 0. The van der Waals surface area contributed by atoms with Crippen molar-refractivity contribution in [1.29, 1.82) is 0 Å². The highest BCUT2D eigenvalue weighted by atomic mass is 31.0. The maximum Gasteiger partial charge on any atom is 0.0483 e. The van der Waals surface area contributed by atoms with Gasteiger partial charge in [0, 0.05) is 24.1 Å². The van der Waals surface area contributed by atoms with Crippen molar-refractivity contribution in [3.05, 3.63) is 30.5 Å². The predicted molar refractivity (Wildman–Crippen MR) is 63.6 cm³/mol. The molecular formula is C11H16NP. The summed E-state index contributed by atoms with van der Waals surface area (Å²) in [4.78, 5) is 0. The van der Waals surface area contributed by atoms with Crippen LogP contribution in [-0.4, -0.2) is 4.57 Å². The molecule has 1 unspecified atom stereocenters. The molecule has 0 saturated heterocycles. The molecule has 13 heavy (non-hydrogen) atoms. The van der Waals surface area contributed by atoms with E-state index < -0.39 is 0 Å². The number of hydrogen-bond donors (Lipinski definition) is 0. The first-order valence-corrected chi connectivity index (χ1v) is 5.16. The molecule has 0 aliphatic carbocycles. The lowest BCUT2D eigenvalue weighted by atomic mass is 10.2. The Bertz CT molecular complexity index is 390. The first-order valence-electron chi connectivity index (χ1n) is 4.58. The fraction of sp³-hybridized carbons (Fsp3) is 0.273. The lowest BCUT2D eigenvalue weighted by Gasteiger charge is -1.96. The molecule has 1 atom stereocenters. The van der Waals surface area contributed by atoms with Crippen LogP contribution in [0.2, 0.25) is 0 Å². The maximum atomic E-state index is 2.74. The van der Waals surface area contributed by atoms with Crippen molar-refractivity contribution in [2.24, 2.45) is 7.05 Å². The zero-order valence-corrected chi connectivity index (χ0v) is 9.57. The van der Waals surface area contributed by atoms with Gasteiger partial charge in [-0.1, -0.05) is 26.0 Å². The second kappa shape index (κ2) is 4.43. The SMILES string of the molecule is CC.Cn1ccc2c(P)cccc21. The van der Waals surface area contributed by atoms with Crippen molar-refractivity contribution in [3.8, 4) is 0 Å². The predicted octanol–water partition coefficient (Wildman–Crippen LogP) is 2.70. The van der Waals surface area contributed by atoms with Crippen molar-refractivity contribution in [3.63, 3.8) is 0 Å². The Morgan fingerprint density at radius 3 is 2.46 bits per heavy atom. The second-order valence-electron chi connectivity index (χ2n) is 2.71. The zero-order valence-electron chi connectivity index (χ0n) is 8.41. The minimum atomic E-state index is 1.27. The normalized spacial score (nSPS) is 9.54. The van der Waals surface area contributed by atoms with E-state index in [9.17, 15) is 0 Å². The Morgan fingerprint density at radius 2 is 1.85 bits per heavy atom. The van der Waals surface area contributed by atoms with Crippen LogP contribution in [0.1, 0.15) is 13.8 Å². The molecule has 1 nitrogen and oxygen atoms in total. The minimum absolute atomic E-state index is 1.27. The van der Waals surface area contributed by atoms with Crippen LogP contribution >= 0.6 is 9.24 Å². The molecule has 0 aliphatic rings. The summed E-state index contributed by atoms with van der Waals surface area (Å²) in [6.45, 7) is 4.00. The van der Waals surface area contributed by atoms with E-state index in [1.54, 1.807) is 0 Å². The number of aromatic nitrogens is 1. The molecule has 1 heterocycles. The molecule has 0 bridgehead atoms. The molecule has 2 heteroatoms. The van der Waals surface area contributed by atoms with Gasteiger partial charge in [-0.2, -0.15) is 0 Å². The molecular weight excluding hydrogens is 177 g/mol. The molecule has 0 N–H and O–H groups in total. The number of benzene rings is 1. The maximum absolute atomic E-state index is 2.74. The van der Waals surface area contributed by atoms with Crippen LogP contribution in [0.3, 0.4) is 0 Å². The molecule has 70 valence electrons. The van der Waals surface area contributed by atoms with Gasteiger partial charge in [-0.15, -0.1) is 9.24 Å². The Morgan fingerprint density at radius 1 is 1.15 bits per heavy atom. The van der Waals surface area contributed by atoms with Crippen molar-refractivity contribution >= 4 is 25.4 Å². The lowest BCUT2D eigenvalue weighted by Crippen LogP contribution is -1.91. The largest absolute Gasteiger partial charge is 0.351 e. The molecule has 0 amide bonds. The third kappa shape index (κ3) is 1.92. The number of nitrogens with zero attached hydrogens (tertiary/aromatic N) is 1. The van der Waals surface area contributed by atoms with Crippen LogP contribution in [0, 0.1) is 0 Å². The molecule has 0 aliphatic heterocycles. The van der Waals surface area contributed by atoms with Crippen LogP contribution in [0.4, 0.5) is 0 Å². The number of hydrogen-bond acceptors (Lipinski definition) is 0. The van der Waals surface area contributed by atoms with E-state index in [2.05, 4.69) is 51.3 Å². The van der Waals surface area contributed by atoms with Gasteiger partial charge < -0.3 is 4.57 Å². The van der Waals surface area contributed by atoms with Gasteiger partial charge in [0.2, 0.25) is 0 Å². The van der Waals surface area contributed by atoms with Crippen LogP contribution in [-0.2, 0) is 7.05 Å². The highest BCUT2D eigenvalue weighted by Crippen LogP contribution is 2.13. The van der Waals surface area contributed by atoms with Gasteiger partial charge >= 0.3 is 0 Å². The third-order valence-corrected chi connectivity index (χ3v) is 2.47. The van der Waals surface area contributed by atoms with E-state index in [0.29, 0.717) is 0 Å². The number of aryl methyl sites for hydroxylation is 1. The van der Waals surface area contributed by atoms with E-state index >= 15 is 0 Å². The summed E-state index contributed by atoms with van der Waals surface area (Å²) in [6.07, 6.45) is 2.08. The highest BCUT2D eigenvalue weighted by Gasteiger charge is 1.97. The third-order valence-electron chi connectivity index (χ3n) is 1.96. The second-order valence-corrected chi connectivity index (χ2v) is 3.33. The van der Waals surface area contributed by atoms with E-state index in [0.717, 1.165) is 0 Å². The van der Waals surface area contributed by atoms with Gasteiger partial charge in [-0.25, -0.2) is 0 Å². The summed E-state index contributed by atoms with van der Waals surface area (Å²) in [6, 6.07) is 8.44. The van der Waals surface area contributed by atoms with Gasteiger partial charge in [0.25, 0.3) is 0 Å². The standard InChI is InChI=1S/C9H10NP.C2H6/c1-10-6-5-7-8(10)3-2-4-9(7)11;1-2/h2-6H,11H2,1H3;1-2H3. The molecule has 1 aromatic heterocycles. The zero-order chi connectivity index (χ0) is 9.84. The first kappa shape index (κ1) is 10.3. The fourth-order valence-electron chi connectivity index (χ4n) is 1.33. The van der Waals surface area contributed by atoms with E-state index in [4.69, 9.17) is 0 Å².